The molecule has 0 heterocycles. The Labute approximate surface area is 116 Å². The zero-order valence-electron chi connectivity index (χ0n) is 10.1. The number of halogens is 4. The summed E-state index contributed by atoms with van der Waals surface area (Å²) in [6.45, 7) is 1.82. The van der Waals surface area contributed by atoms with E-state index in [0.717, 1.165) is 6.07 Å². The number of rotatable bonds is 5. The van der Waals surface area contributed by atoms with E-state index in [-0.39, 0.29) is 24.6 Å². The average Bonchev–Trinajstić information content (AvgIpc) is 2.23. The minimum absolute atomic E-state index is 0.0564. The molecule has 3 nitrogen and oxygen atoms in total. The highest BCUT2D eigenvalue weighted by molar-refractivity contribution is 9.10. The van der Waals surface area contributed by atoms with Gasteiger partial charge in [0.25, 0.3) is 0 Å². The molecule has 0 aromatic heterocycles. The Morgan fingerprint density at radius 1 is 1.47 bits per heavy atom. The van der Waals surface area contributed by atoms with Gasteiger partial charge in [-0.2, -0.15) is 13.2 Å². The van der Waals surface area contributed by atoms with Crippen LogP contribution in [-0.4, -0.2) is 17.6 Å². The lowest BCUT2D eigenvalue weighted by molar-refractivity contribution is -0.138. The second-order valence-corrected chi connectivity index (χ2v) is 5.19. The van der Waals surface area contributed by atoms with Crippen LogP contribution in [0.5, 0.6) is 0 Å². The predicted molar refractivity (Wildman–Crippen MR) is 69.1 cm³/mol. The van der Waals surface area contributed by atoms with Crippen molar-refractivity contribution in [2.75, 3.05) is 11.9 Å². The molecule has 2 N–H and O–H groups in total. The molecule has 0 spiro atoms. The summed E-state index contributed by atoms with van der Waals surface area (Å²) in [6, 6.07) is 3.62. The van der Waals surface area contributed by atoms with E-state index in [4.69, 9.17) is 5.11 Å². The number of nitrogens with one attached hydrogen (secondary N) is 1. The number of carboxylic acid groups (broad SMARTS) is 1. The Kier molecular flexibility index (Phi) is 5.22. The van der Waals surface area contributed by atoms with Crippen LogP contribution in [0.2, 0.25) is 0 Å². The highest BCUT2D eigenvalue weighted by Gasteiger charge is 2.33. The van der Waals surface area contributed by atoms with Crippen molar-refractivity contribution < 1.29 is 23.1 Å². The van der Waals surface area contributed by atoms with E-state index in [9.17, 15) is 18.0 Å². The highest BCUT2D eigenvalue weighted by atomic mass is 79.9. The number of aliphatic carboxylic acids is 1. The van der Waals surface area contributed by atoms with Crippen molar-refractivity contribution in [3.8, 4) is 0 Å². The fourth-order valence-corrected chi connectivity index (χ4v) is 1.93. The molecule has 0 saturated heterocycles. The van der Waals surface area contributed by atoms with Crippen molar-refractivity contribution in [2.45, 2.75) is 19.5 Å². The molecule has 106 valence electrons. The van der Waals surface area contributed by atoms with E-state index < -0.39 is 17.7 Å². The molecule has 0 bridgehead atoms. The van der Waals surface area contributed by atoms with Gasteiger partial charge in [-0.1, -0.05) is 22.9 Å². The minimum atomic E-state index is -4.45. The molecule has 0 aliphatic rings. The number of carboxylic acids is 1. The monoisotopic (exact) mass is 339 g/mol. The van der Waals surface area contributed by atoms with E-state index in [2.05, 4.69) is 21.2 Å². The minimum Gasteiger partial charge on any atom is -0.481 e. The second kappa shape index (κ2) is 6.27. The van der Waals surface area contributed by atoms with Gasteiger partial charge in [0.15, 0.2) is 0 Å². The first-order valence-corrected chi connectivity index (χ1v) is 6.32. The van der Waals surface area contributed by atoms with Gasteiger partial charge < -0.3 is 10.4 Å². The molecule has 0 amide bonds. The lowest BCUT2D eigenvalue weighted by Gasteiger charge is -2.17. The average molecular weight is 340 g/mol. The molecule has 19 heavy (non-hydrogen) atoms. The van der Waals surface area contributed by atoms with Gasteiger partial charge in [0, 0.05) is 23.1 Å². The normalized spacial score (nSPS) is 13.1. The maximum absolute atomic E-state index is 12.8. The van der Waals surface area contributed by atoms with Crippen molar-refractivity contribution in [1.29, 1.82) is 0 Å². The number of carbonyl (C=O) groups is 1. The van der Waals surface area contributed by atoms with Crippen LogP contribution >= 0.6 is 15.9 Å². The van der Waals surface area contributed by atoms with Gasteiger partial charge in [0.2, 0.25) is 0 Å². The zero-order chi connectivity index (χ0) is 14.6. The molecule has 1 rings (SSSR count). The van der Waals surface area contributed by atoms with Gasteiger partial charge in [0.1, 0.15) is 0 Å². The summed E-state index contributed by atoms with van der Waals surface area (Å²) in [6.07, 6.45) is -4.54. The van der Waals surface area contributed by atoms with Gasteiger partial charge in [-0.05, 0) is 24.1 Å². The van der Waals surface area contributed by atoms with E-state index >= 15 is 0 Å². The molecule has 1 aromatic rings. The van der Waals surface area contributed by atoms with E-state index in [0.29, 0.717) is 4.47 Å². The summed E-state index contributed by atoms with van der Waals surface area (Å²) in [5, 5.41) is 11.2. The second-order valence-electron chi connectivity index (χ2n) is 4.27. The Morgan fingerprint density at radius 3 is 2.63 bits per heavy atom. The van der Waals surface area contributed by atoms with Crippen LogP contribution in [0.3, 0.4) is 0 Å². The van der Waals surface area contributed by atoms with Crippen LogP contribution in [0, 0.1) is 5.92 Å². The Morgan fingerprint density at radius 2 is 2.11 bits per heavy atom. The third-order valence-electron chi connectivity index (χ3n) is 2.45. The number of hydrogen-bond donors (Lipinski definition) is 2. The third kappa shape index (κ3) is 5.10. The van der Waals surface area contributed by atoms with Crippen molar-refractivity contribution in [3.63, 3.8) is 0 Å². The van der Waals surface area contributed by atoms with Crippen molar-refractivity contribution >= 4 is 27.6 Å². The van der Waals surface area contributed by atoms with Gasteiger partial charge in [-0.3, -0.25) is 4.79 Å². The Balaban J connectivity index is 2.82. The van der Waals surface area contributed by atoms with E-state index in [1.54, 1.807) is 6.92 Å². The first kappa shape index (κ1) is 15.8. The van der Waals surface area contributed by atoms with Crippen molar-refractivity contribution in [1.82, 2.24) is 0 Å². The molecule has 1 aromatic carbocycles. The summed E-state index contributed by atoms with van der Waals surface area (Å²) in [5.74, 6) is -1.24. The molecule has 0 aliphatic heterocycles. The number of hydrogen-bond acceptors (Lipinski definition) is 2. The van der Waals surface area contributed by atoms with Crippen LogP contribution in [0.1, 0.15) is 18.9 Å². The fourth-order valence-electron chi connectivity index (χ4n) is 1.56. The predicted octanol–water partition coefficient (Wildman–Crippen LogP) is 3.99. The summed E-state index contributed by atoms with van der Waals surface area (Å²) in [7, 11) is 0. The molecule has 1 unspecified atom stereocenters. The Bertz CT molecular complexity index is 463. The zero-order valence-corrected chi connectivity index (χ0v) is 11.7. The van der Waals surface area contributed by atoms with Crippen molar-refractivity contribution in [2.24, 2.45) is 5.92 Å². The fraction of sp³-hybridized carbons (Fsp3) is 0.417. The van der Waals surface area contributed by atoms with Gasteiger partial charge in [0.05, 0.1) is 5.56 Å². The van der Waals surface area contributed by atoms with Crippen molar-refractivity contribution in [3.05, 3.63) is 28.2 Å². The molecule has 0 radical (unpaired) electrons. The lowest BCUT2D eigenvalue weighted by Crippen LogP contribution is -2.17. The first-order valence-electron chi connectivity index (χ1n) is 5.52. The molecule has 0 aliphatic carbocycles. The number of benzene rings is 1. The van der Waals surface area contributed by atoms with E-state index in [1.807, 2.05) is 0 Å². The topological polar surface area (TPSA) is 49.3 Å². The molecular weight excluding hydrogens is 327 g/mol. The summed E-state index contributed by atoms with van der Waals surface area (Å²) in [5.41, 5.74) is -0.822. The molecule has 0 saturated carbocycles. The van der Waals surface area contributed by atoms with Crippen LogP contribution in [0.25, 0.3) is 0 Å². The van der Waals surface area contributed by atoms with Gasteiger partial charge in [-0.15, -0.1) is 0 Å². The number of alkyl halides is 3. The molecule has 7 heteroatoms. The largest absolute Gasteiger partial charge is 0.481 e. The molecule has 0 fully saturated rings. The summed E-state index contributed by atoms with van der Waals surface area (Å²) in [4.78, 5) is 10.5. The van der Waals surface area contributed by atoms with Gasteiger partial charge in [-0.25, -0.2) is 0 Å². The quantitative estimate of drug-likeness (QED) is 0.852. The van der Waals surface area contributed by atoms with Crippen LogP contribution < -0.4 is 5.32 Å². The first-order chi connectivity index (χ1) is 8.70. The van der Waals surface area contributed by atoms with Crippen LogP contribution in [0.4, 0.5) is 18.9 Å². The number of anilines is 1. The lowest BCUT2D eigenvalue weighted by atomic mass is 10.1. The van der Waals surface area contributed by atoms with Crippen LogP contribution in [0.15, 0.2) is 22.7 Å². The SMILES string of the molecule is CC(CNc1cc(Br)ccc1C(F)(F)F)CC(=O)O. The van der Waals surface area contributed by atoms with Gasteiger partial charge >= 0.3 is 12.1 Å². The maximum Gasteiger partial charge on any atom is 0.418 e. The third-order valence-corrected chi connectivity index (χ3v) is 2.94. The molecular formula is C12H13BrF3NO2. The van der Waals surface area contributed by atoms with E-state index in [1.165, 1.54) is 12.1 Å². The summed E-state index contributed by atoms with van der Waals surface area (Å²) >= 11 is 3.11. The maximum atomic E-state index is 12.8. The molecule has 1 atom stereocenters. The standard InChI is InChI=1S/C12H13BrF3NO2/c1-7(4-11(18)19)6-17-10-5-8(13)2-3-9(10)12(14,15)16/h2-3,5,7,17H,4,6H2,1H3,(H,18,19). The van der Waals surface area contributed by atoms with Crippen LogP contribution in [-0.2, 0) is 11.0 Å². The summed E-state index contributed by atoms with van der Waals surface area (Å²) < 4.78 is 38.8. The smallest absolute Gasteiger partial charge is 0.418 e. The Hall–Kier alpha value is -1.24. The highest BCUT2D eigenvalue weighted by Crippen LogP contribution is 2.36.